The molecule has 0 aliphatic heterocycles. The average molecular weight is 162 g/mol. The van der Waals surface area contributed by atoms with Gasteiger partial charge in [-0.25, -0.2) is 4.39 Å². The van der Waals surface area contributed by atoms with E-state index in [1.54, 1.807) is 0 Å². The minimum absolute atomic E-state index is 0.515. The summed E-state index contributed by atoms with van der Waals surface area (Å²) in [7, 11) is 0. The number of hydrogen-bond acceptors (Lipinski definition) is 1. The zero-order chi connectivity index (χ0) is 8.36. The van der Waals surface area contributed by atoms with Crippen LogP contribution in [0.1, 0.15) is 6.92 Å². The molecule has 0 aliphatic rings. The van der Waals surface area contributed by atoms with Crippen LogP contribution in [0.5, 0.6) is 0 Å². The van der Waals surface area contributed by atoms with Crippen molar-refractivity contribution >= 4 is 0 Å². The maximum atomic E-state index is 11.6. The molecule has 0 N–H and O–H groups in total. The van der Waals surface area contributed by atoms with Crippen LogP contribution in [0.3, 0.4) is 0 Å². The predicted octanol–water partition coefficient (Wildman–Crippen LogP) is 2.65. The molecule has 0 saturated heterocycles. The molecule has 0 aromatic heterocycles. The lowest BCUT2D eigenvalue weighted by Gasteiger charge is -2.04. The highest BCUT2D eigenvalue weighted by Gasteiger charge is 2.33. The molecule has 0 atom stereocenters. The molecule has 0 aliphatic carbocycles. The van der Waals surface area contributed by atoms with Crippen molar-refractivity contribution in [3.8, 4) is 0 Å². The number of alkyl halides is 3. The highest BCUT2D eigenvalue weighted by atomic mass is 19.4. The van der Waals surface area contributed by atoms with Gasteiger partial charge in [-0.3, -0.25) is 0 Å². The molecule has 0 aromatic carbocycles. The van der Waals surface area contributed by atoms with Crippen molar-refractivity contribution in [3.05, 3.63) is 11.8 Å². The first-order valence-corrected chi connectivity index (χ1v) is 2.10. The van der Waals surface area contributed by atoms with Crippen molar-refractivity contribution in [1.29, 1.82) is 0 Å². The molecule has 0 fully saturated rings. The summed E-state index contributed by atoms with van der Waals surface area (Å²) in [6.07, 6.45) is -5.17. The lowest BCUT2D eigenvalue weighted by molar-refractivity contribution is -0.314. The third-order valence-corrected chi connectivity index (χ3v) is 0.476. The van der Waals surface area contributed by atoms with Crippen LogP contribution in [-0.4, -0.2) is 6.36 Å². The van der Waals surface area contributed by atoms with Crippen molar-refractivity contribution in [3.63, 3.8) is 0 Å². The molecular formula is C4H3F5O. The SMILES string of the molecule is C/C(F)=C(/F)OC(F)(F)F. The normalized spacial score (nSPS) is 14.6. The third kappa shape index (κ3) is 4.11. The van der Waals surface area contributed by atoms with E-state index < -0.39 is 18.2 Å². The average Bonchev–Trinajstić information content (AvgIpc) is 1.60. The second-order valence-electron chi connectivity index (χ2n) is 1.35. The van der Waals surface area contributed by atoms with Crippen molar-refractivity contribution < 1.29 is 26.7 Å². The van der Waals surface area contributed by atoms with Gasteiger partial charge in [-0.2, -0.15) is 4.39 Å². The maximum Gasteiger partial charge on any atom is 0.574 e. The fourth-order valence-corrected chi connectivity index (χ4v) is 0.172. The van der Waals surface area contributed by atoms with E-state index in [1.165, 1.54) is 0 Å². The van der Waals surface area contributed by atoms with Gasteiger partial charge in [0.2, 0.25) is 0 Å². The lowest BCUT2D eigenvalue weighted by atomic mass is 10.7. The van der Waals surface area contributed by atoms with E-state index in [4.69, 9.17) is 0 Å². The standard InChI is InChI=1S/C4H3F5O/c1-2(5)3(6)10-4(7,8)9/h1H3/b3-2+. The molecule has 10 heavy (non-hydrogen) atoms. The minimum atomic E-state index is -5.17. The van der Waals surface area contributed by atoms with E-state index in [9.17, 15) is 22.0 Å². The van der Waals surface area contributed by atoms with Crippen LogP contribution in [0.4, 0.5) is 22.0 Å². The molecular weight excluding hydrogens is 159 g/mol. The van der Waals surface area contributed by atoms with Gasteiger partial charge in [0.1, 0.15) is 0 Å². The van der Waals surface area contributed by atoms with Gasteiger partial charge < -0.3 is 4.74 Å². The van der Waals surface area contributed by atoms with Crippen molar-refractivity contribution in [2.45, 2.75) is 13.3 Å². The van der Waals surface area contributed by atoms with Gasteiger partial charge in [0, 0.05) is 0 Å². The molecule has 0 radical (unpaired) electrons. The Hall–Kier alpha value is -0.810. The summed E-state index contributed by atoms with van der Waals surface area (Å²) in [6.45, 7) is 0.515. The second-order valence-corrected chi connectivity index (χ2v) is 1.35. The number of allylic oxidation sites excluding steroid dienone is 1. The second kappa shape index (κ2) is 2.85. The van der Waals surface area contributed by atoms with E-state index in [1.807, 2.05) is 0 Å². The first-order chi connectivity index (χ1) is 4.33. The Morgan fingerprint density at radius 2 is 1.60 bits per heavy atom. The largest absolute Gasteiger partial charge is 0.574 e. The van der Waals surface area contributed by atoms with Gasteiger partial charge in [0.15, 0.2) is 5.83 Å². The zero-order valence-electron chi connectivity index (χ0n) is 4.80. The van der Waals surface area contributed by atoms with Gasteiger partial charge >= 0.3 is 12.4 Å². The molecule has 0 saturated carbocycles. The summed E-state index contributed by atoms with van der Waals surface area (Å²) < 4.78 is 58.6. The van der Waals surface area contributed by atoms with E-state index in [0.29, 0.717) is 6.92 Å². The monoisotopic (exact) mass is 162 g/mol. The number of halogens is 5. The summed E-state index contributed by atoms with van der Waals surface area (Å²) in [6, 6.07) is -2.26. The van der Waals surface area contributed by atoms with Gasteiger partial charge in [-0.05, 0) is 6.92 Å². The molecule has 1 nitrogen and oxygen atoms in total. The van der Waals surface area contributed by atoms with Crippen LogP contribution < -0.4 is 0 Å². The van der Waals surface area contributed by atoms with E-state index in [0.717, 1.165) is 0 Å². The van der Waals surface area contributed by atoms with Crippen molar-refractivity contribution in [2.75, 3.05) is 0 Å². The van der Waals surface area contributed by atoms with Crippen LogP contribution in [0.15, 0.2) is 11.8 Å². The number of ether oxygens (including phenoxy) is 1. The molecule has 0 bridgehead atoms. The van der Waals surface area contributed by atoms with E-state index >= 15 is 0 Å². The fraction of sp³-hybridized carbons (Fsp3) is 0.500. The van der Waals surface area contributed by atoms with Gasteiger partial charge in [-0.1, -0.05) is 0 Å². The van der Waals surface area contributed by atoms with E-state index in [2.05, 4.69) is 4.74 Å². The van der Waals surface area contributed by atoms with Crippen LogP contribution in [0.2, 0.25) is 0 Å². The van der Waals surface area contributed by atoms with Crippen LogP contribution in [0, 0.1) is 0 Å². The minimum Gasteiger partial charge on any atom is -0.376 e. The predicted molar refractivity (Wildman–Crippen MR) is 22.1 cm³/mol. The van der Waals surface area contributed by atoms with Crippen molar-refractivity contribution in [1.82, 2.24) is 0 Å². The molecule has 60 valence electrons. The summed E-state index contributed by atoms with van der Waals surface area (Å²) in [5, 5.41) is 0. The molecule has 0 aromatic rings. The first kappa shape index (κ1) is 9.19. The molecule has 0 heterocycles. The Bertz CT molecular complexity index is 142. The molecule has 0 rings (SSSR count). The number of rotatable bonds is 1. The topological polar surface area (TPSA) is 9.23 Å². The highest BCUT2D eigenvalue weighted by Crippen LogP contribution is 2.23. The quantitative estimate of drug-likeness (QED) is 0.425. The summed E-state index contributed by atoms with van der Waals surface area (Å²) in [4.78, 5) is 0. The Morgan fingerprint density at radius 3 is 1.70 bits per heavy atom. The number of hydrogen-bond donors (Lipinski definition) is 0. The highest BCUT2D eigenvalue weighted by molar-refractivity contribution is 4.87. The lowest BCUT2D eigenvalue weighted by Crippen LogP contribution is -2.11. The Morgan fingerprint density at radius 1 is 1.20 bits per heavy atom. The first-order valence-electron chi connectivity index (χ1n) is 2.10. The Balaban J connectivity index is 4.06. The van der Waals surface area contributed by atoms with Crippen LogP contribution >= 0.6 is 0 Å². The molecule has 0 unspecified atom stereocenters. The third-order valence-electron chi connectivity index (χ3n) is 0.476. The van der Waals surface area contributed by atoms with Gasteiger partial charge in [0.25, 0.3) is 0 Å². The Labute approximate surface area is 53.1 Å². The summed E-state index contributed by atoms with van der Waals surface area (Å²) in [5.41, 5.74) is 0. The zero-order valence-corrected chi connectivity index (χ0v) is 4.80. The fourth-order valence-electron chi connectivity index (χ4n) is 0.172. The van der Waals surface area contributed by atoms with Crippen LogP contribution in [-0.2, 0) is 4.74 Å². The van der Waals surface area contributed by atoms with Gasteiger partial charge in [-0.15, -0.1) is 13.2 Å². The smallest absolute Gasteiger partial charge is 0.376 e. The van der Waals surface area contributed by atoms with Gasteiger partial charge in [0.05, 0.1) is 0 Å². The molecule has 0 amide bonds. The molecule has 0 spiro atoms. The van der Waals surface area contributed by atoms with E-state index in [-0.39, 0.29) is 0 Å². The summed E-state index contributed by atoms with van der Waals surface area (Å²) in [5.74, 6) is -1.64. The molecule has 6 heteroatoms. The summed E-state index contributed by atoms with van der Waals surface area (Å²) >= 11 is 0. The Kier molecular flexibility index (Phi) is 2.62. The van der Waals surface area contributed by atoms with Crippen LogP contribution in [0.25, 0.3) is 0 Å². The maximum absolute atomic E-state index is 11.6. The van der Waals surface area contributed by atoms with Crippen molar-refractivity contribution in [2.24, 2.45) is 0 Å².